The lowest BCUT2D eigenvalue weighted by atomic mass is 10.0. The number of anilines is 3. The van der Waals surface area contributed by atoms with Gasteiger partial charge in [0.05, 0.1) is 6.20 Å². The highest BCUT2D eigenvalue weighted by molar-refractivity contribution is 5.67. The van der Waals surface area contributed by atoms with Crippen LogP contribution in [0.3, 0.4) is 0 Å². The highest BCUT2D eigenvalue weighted by Crippen LogP contribution is 2.36. The molecule has 0 amide bonds. The summed E-state index contributed by atoms with van der Waals surface area (Å²) >= 11 is 0. The van der Waals surface area contributed by atoms with E-state index in [1.807, 2.05) is 6.20 Å². The van der Waals surface area contributed by atoms with E-state index in [1.54, 1.807) is 0 Å². The van der Waals surface area contributed by atoms with Gasteiger partial charge in [-0.1, -0.05) is 25.1 Å². The van der Waals surface area contributed by atoms with Crippen molar-refractivity contribution in [3.8, 4) is 0 Å². The van der Waals surface area contributed by atoms with Crippen LogP contribution in [-0.4, -0.2) is 33.8 Å². The Morgan fingerprint density at radius 2 is 2.08 bits per heavy atom. The Bertz CT molecular complexity index is 716. The van der Waals surface area contributed by atoms with Crippen molar-refractivity contribution in [2.24, 2.45) is 0 Å². The van der Waals surface area contributed by atoms with Crippen molar-refractivity contribution in [3.05, 3.63) is 36.0 Å². The van der Waals surface area contributed by atoms with Crippen molar-refractivity contribution in [1.82, 2.24) is 15.2 Å². The molecule has 126 valence electrons. The molecule has 1 saturated heterocycles. The second-order valence-corrected chi connectivity index (χ2v) is 6.92. The van der Waals surface area contributed by atoms with E-state index in [1.165, 1.54) is 30.5 Å². The standard InChI is InChI=1S/C19H25N5/c1-3-16-9-6-7-11-23(16)18-13-20-22-19(21-18)24-14(2)12-15-8-4-5-10-17(15)24/h4-5,8,10,13-14,16H,3,6-7,9,11-12H2,1-2H3. The number of fused-ring (bicyclic) bond motifs is 1. The monoisotopic (exact) mass is 323 g/mol. The summed E-state index contributed by atoms with van der Waals surface area (Å²) in [6, 6.07) is 9.48. The first-order valence-electron chi connectivity index (χ1n) is 9.11. The van der Waals surface area contributed by atoms with E-state index >= 15 is 0 Å². The largest absolute Gasteiger partial charge is 0.352 e. The molecule has 2 unspecified atom stereocenters. The fourth-order valence-electron chi connectivity index (χ4n) is 4.12. The van der Waals surface area contributed by atoms with Gasteiger partial charge >= 0.3 is 0 Å². The quantitative estimate of drug-likeness (QED) is 0.861. The predicted molar refractivity (Wildman–Crippen MR) is 96.9 cm³/mol. The molecule has 4 rings (SSSR count). The van der Waals surface area contributed by atoms with Crippen LogP contribution < -0.4 is 9.80 Å². The van der Waals surface area contributed by atoms with Gasteiger partial charge in [0, 0.05) is 24.3 Å². The van der Waals surface area contributed by atoms with Crippen LogP contribution in [0.2, 0.25) is 0 Å². The molecule has 2 aliphatic rings. The van der Waals surface area contributed by atoms with Crippen molar-refractivity contribution in [2.45, 2.75) is 58.0 Å². The zero-order valence-electron chi connectivity index (χ0n) is 14.5. The van der Waals surface area contributed by atoms with Crippen LogP contribution in [0.1, 0.15) is 45.1 Å². The van der Waals surface area contributed by atoms with E-state index in [0.717, 1.165) is 31.2 Å². The molecule has 2 aliphatic heterocycles. The summed E-state index contributed by atoms with van der Waals surface area (Å²) < 4.78 is 0. The maximum Gasteiger partial charge on any atom is 0.252 e. The average molecular weight is 323 g/mol. The zero-order valence-corrected chi connectivity index (χ0v) is 14.5. The van der Waals surface area contributed by atoms with Crippen molar-refractivity contribution >= 4 is 17.5 Å². The van der Waals surface area contributed by atoms with Crippen molar-refractivity contribution < 1.29 is 0 Å². The second kappa shape index (κ2) is 6.38. The number of hydrogen-bond acceptors (Lipinski definition) is 5. The SMILES string of the molecule is CCC1CCCCN1c1cnnc(N2c3ccccc3CC2C)n1. The molecule has 2 aromatic rings. The molecule has 2 atom stereocenters. The van der Waals surface area contributed by atoms with Crippen LogP contribution in [0.25, 0.3) is 0 Å². The average Bonchev–Trinajstić information content (AvgIpc) is 2.97. The zero-order chi connectivity index (χ0) is 16.5. The summed E-state index contributed by atoms with van der Waals surface area (Å²) in [5.74, 6) is 1.70. The van der Waals surface area contributed by atoms with E-state index in [4.69, 9.17) is 4.98 Å². The minimum absolute atomic E-state index is 0.364. The van der Waals surface area contributed by atoms with Gasteiger partial charge in [0.2, 0.25) is 0 Å². The molecule has 0 N–H and O–H groups in total. The summed E-state index contributed by atoms with van der Waals surface area (Å²) in [6.07, 6.45) is 7.81. The molecule has 5 nitrogen and oxygen atoms in total. The number of para-hydroxylation sites is 1. The normalized spacial score (nSPS) is 23.4. The molecular formula is C19H25N5. The van der Waals surface area contributed by atoms with Gasteiger partial charge in [0.1, 0.15) is 0 Å². The molecule has 0 radical (unpaired) electrons. The van der Waals surface area contributed by atoms with Crippen LogP contribution in [0, 0.1) is 0 Å². The molecule has 5 heteroatoms. The van der Waals surface area contributed by atoms with Crippen LogP contribution in [0.15, 0.2) is 30.5 Å². The van der Waals surface area contributed by atoms with Crippen LogP contribution in [-0.2, 0) is 6.42 Å². The molecular weight excluding hydrogens is 298 g/mol. The summed E-state index contributed by atoms with van der Waals surface area (Å²) in [7, 11) is 0. The van der Waals surface area contributed by atoms with Gasteiger partial charge < -0.3 is 9.80 Å². The molecule has 3 heterocycles. The van der Waals surface area contributed by atoms with Gasteiger partial charge in [-0.15, -0.1) is 5.10 Å². The van der Waals surface area contributed by atoms with Crippen molar-refractivity contribution in [2.75, 3.05) is 16.3 Å². The van der Waals surface area contributed by atoms with E-state index in [-0.39, 0.29) is 0 Å². The molecule has 1 aromatic heterocycles. The fourth-order valence-corrected chi connectivity index (χ4v) is 4.12. The Hall–Kier alpha value is -2.17. The third-order valence-corrected chi connectivity index (χ3v) is 5.35. The summed E-state index contributed by atoms with van der Waals surface area (Å²) in [5, 5.41) is 8.64. The van der Waals surface area contributed by atoms with Gasteiger partial charge in [-0.05, 0) is 50.7 Å². The Morgan fingerprint density at radius 1 is 1.21 bits per heavy atom. The molecule has 0 saturated carbocycles. The topological polar surface area (TPSA) is 45.2 Å². The van der Waals surface area contributed by atoms with Gasteiger partial charge in [-0.25, -0.2) is 0 Å². The lowest BCUT2D eigenvalue weighted by molar-refractivity contribution is 0.446. The van der Waals surface area contributed by atoms with Crippen LogP contribution in [0.4, 0.5) is 17.5 Å². The lowest BCUT2D eigenvalue weighted by Crippen LogP contribution is -2.40. The molecule has 0 bridgehead atoms. The van der Waals surface area contributed by atoms with Gasteiger partial charge in [0.15, 0.2) is 5.82 Å². The van der Waals surface area contributed by atoms with Crippen molar-refractivity contribution in [3.63, 3.8) is 0 Å². The van der Waals surface area contributed by atoms with Crippen LogP contribution >= 0.6 is 0 Å². The molecule has 0 spiro atoms. The van der Waals surface area contributed by atoms with E-state index in [0.29, 0.717) is 12.1 Å². The number of rotatable bonds is 3. The number of aromatic nitrogens is 3. The minimum atomic E-state index is 0.364. The summed E-state index contributed by atoms with van der Waals surface area (Å²) in [4.78, 5) is 9.56. The number of nitrogens with zero attached hydrogens (tertiary/aromatic N) is 5. The third-order valence-electron chi connectivity index (χ3n) is 5.35. The maximum atomic E-state index is 4.90. The Kier molecular flexibility index (Phi) is 4.08. The lowest BCUT2D eigenvalue weighted by Gasteiger charge is -2.36. The molecule has 1 fully saturated rings. The fraction of sp³-hybridized carbons (Fsp3) is 0.526. The Morgan fingerprint density at radius 3 is 2.96 bits per heavy atom. The first-order valence-corrected chi connectivity index (χ1v) is 9.11. The minimum Gasteiger partial charge on any atom is -0.352 e. The third kappa shape index (κ3) is 2.62. The smallest absolute Gasteiger partial charge is 0.252 e. The van der Waals surface area contributed by atoms with Gasteiger partial charge in [-0.3, -0.25) is 0 Å². The Balaban J connectivity index is 1.68. The Labute approximate surface area is 143 Å². The molecule has 0 aliphatic carbocycles. The highest BCUT2D eigenvalue weighted by Gasteiger charge is 2.30. The van der Waals surface area contributed by atoms with Crippen LogP contribution in [0.5, 0.6) is 0 Å². The summed E-state index contributed by atoms with van der Waals surface area (Å²) in [5.41, 5.74) is 2.58. The van der Waals surface area contributed by atoms with Crippen molar-refractivity contribution in [1.29, 1.82) is 0 Å². The number of hydrogen-bond donors (Lipinski definition) is 0. The first-order chi connectivity index (χ1) is 11.8. The number of piperidine rings is 1. The van der Waals surface area contributed by atoms with E-state index in [9.17, 15) is 0 Å². The molecule has 1 aromatic carbocycles. The van der Waals surface area contributed by atoms with E-state index in [2.05, 4.69) is 58.1 Å². The van der Waals surface area contributed by atoms with Gasteiger partial charge in [-0.2, -0.15) is 10.1 Å². The van der Waals surface area contributed by atoms with Gasteiger partial charge in [0.25, 0.3) is 5.95 Å². The summed E-state index contributed by atoms with van der Waals surface area (Å²) in [6.45, 7) is 5.56. The van der Waals surface area contributed by atoms with E-state index < -0.39 is 0 Å². The first kappa shape index (κ1) is 15.4. The number of benzene rings is 1. The molecule has 24 heavy (non-hydrogen) atoms. The predicted octanol–water partition coefficient (Wildman–Crippen LogP) is 3.72. The highest BCUT2D eigenvalue weighted by atomic mass is 15.4. The maximum absolute atomic E-state index is 4.90. The second-order valence-electron chi connectivity index (χ2n) is 6.92.